The number of carbonyl (C=O) groups excluding carboxylic acids is 1. The lowest BCUT2D eigenvalue weighted by atomic mass is 9.89. The van der Waals surface area contributed by atoms with Crippen molar-refractivity contribution >= 4 is 17.2 Å². The van der Waals surface area contributed by atoms with Crippen LogP contribution in [-0.2, 0) is 0 Å². The molecule has 116 valence electrons. The molecule has 2 aromatic heterocycles. The Bertz CT molecular complexity index is 823. The molecule has 0 spiro atoms. The van der Waals surface area contributed by atoms with E-state index in [0.29, 0.717) is 5.65 Å². The number of hydrogen-bond acceptors (Lipinski definition) is 6. The van der Waals surface area contributed by atoms with Gasteiger partial charge in [0, 0.05) is 24.6 Å². The third kappa shape index (κ3) is 2.65. The lowest BCUT2D eigenvalue weighted by molar-refractivity contribution is 0.0900. The first-order valence-electron chi connectivity index (χ1n) is 7.71. The Morgan fingerprint density at radius 2 is 1.83 bits per heavy atom. The third-order valence-electron chi connectivity index (χ3n) is 4.30. The summed E-state index contributed by atoms with van der Waals surface area (Å²) in [6.07, 6.45) is 1.67. The summed E-state index contributed by atoms with van der Waals surface area (Å²) in [5.74, 6) is 1.18. The number of tetrazole rings is 1. The average molecular weight is 308 g/mol. The number of piperidine rings is 1. The highest BCUT2D eigenvalue weighted by molar-refractivity contribution is 5.97. The fourth-order valence-electron chi connectivity index (χ4n) is 3.02. The van der Waals surface area contributed by atoms with E-state index in [2.05, 4.69) is 25.5 Å². The molecule has 1 aliphatic heterocycles. The summed E-state index contributed by atoms with van der Waals surface area (Å²) in [6, 6.07) is 13.3. The number of ketones is 1. The van der Waals surface area contributed by atoms with Gasteiger partial charge in [-0.3, -0.25) is 4.79 Å². The van der Waals surface area contributed by atoms with Crippen molar-refractivity contribution in [3.8, 4) is 0 Å². The van der Waals surface area contributed by atoms with Crippen molar-refractivity contribution < 1.29 is 4.79 Å². The van der Waals surface area contributed by atoms with Crippen molar-refractivity contribution in [1.82, 2.24) is 25.3 Å². The van der Waals surface area contributed by atoms with Crippen LogP contribution in [0.15, 0.2) is 42.5 Å². The van der Waals surface area contributed by atoms with Crippen molar-refractivity contribution in [3.63, 3.8) is 0 Å². The number of benzene rings is 1. The Morgan fingerprint density at radius 3 is 2.61 bits per heavy atom. The van der Waals surface area contributed by atoms with Crippen molar-refractivity contribution in [2.75, 3.05) is 18.0 Å². The van der Waals surface area contributed by atoms with Gasteiger partial charge in [-0.05, 0) is 35.4 Å². The molecule has 0 bridgehead atoms. The topological polar surface area (TPSA) is 76.3 Å². The molecule has 0 aliphatic carbocycles. The van der Waals surface area contributed by atoms with Gasteiger partial charge in [-0.25, -0.2) is 0 Å². The standard InChI is InChI=1S/C16H16N6O/c23-16(12-4-2-1-3-5-12)13-8-10-21(11-9-13)15-7-6-14-17-19-20-22(14)18-15/h1-7,13H,8-11H2. The van der Waals surface area contributed by atoms with E-state index in [1.807, 2.05) is 42.5 Å². The maximum atomic E-state index is 12.5. The lowest BCUT2D eigenvalue weighted by Gasteiger charge is -2.31. The van der Waals surface area contributed by atoms with Gasteiger partial charge < -0.3 is 4.90 Å². The zero-order chi connectivity index (χ0) is 15.6. The number of aromatic nitrogens is 5. The molecule has 0 atom stereocenters. The fraction of sp³-hybridized carbons (Fsp3) is 0.312. The van der Waals surface area contributed by atoms with E-state index in [9.17, 15) is 4.79 Å². The predicted molar refractivity (Wildman–Crippen MR) is 84.3 cm³/mol. The summed E-state index contributed by atoms with van der Waals surface area (Å²) in [4.78, 5) is 14.7. The number of rotatable bonds is 3. The van der Waals surface area contributed by atoms with E-state index in [0.717, 1.165) is 37.3 Å². The molecule has 0 saturated carbocycles. The van der Waals surface area contributed by atoms with Gasteiger partial charge >= 0.3 is 0 Å². The molecule has 1 aliphatic rings. The maximum absolute atomic E-state index is 12.5. The summed E-state index contributed by atoms with van der Waals surface area (Å²) in [6.45, 7) is 1.62. The second-order valence-electron chi connectivity index (χ2n) is 5.71. The van der Waals surface area contributed by atoms with Crippen LogP contribution in [0.5, 0.6) is 0 Å². The Kier molecular flexibility index (Phi) is 3.45. The second-order valence-corrected chi connectivity index (χ2v) is 5.71. The van der Waals surface area contributed by atoms with Crippen LogP contribution < -0.4 is 4.90 Å². The molecular formula is C16H16N6O. The molecule has 3 aromatic rings. The predicted octanol–water partition coefficient (Wildman–Crippen LogP) is 1.62. The molecule has 0 radical (unpaired) electrons. The molecule has 1 saturated heterocycles. The molecule has 7 nitrogen and oxygen atoms in total. The lowest BCUT2D eigenvalue weighted by Crippen LogP contribution is -2.37. The van der Waals surface area contributed by atoms with Crippen LogP contribution in [0.2, 0.25) is 0 Å². The van der Waals surface area contributed by atoms with E-state index in [1.165, 1.54) is 4.63 Å². The van der Waals surface area contributed by atoms with Gasteiger partial charge in [-0.15, -0.1) is 14.8 Å². The number of hydrogen-bond donors (Lipinski definition) is 0. The van der Waals surface area contributed by atoms with Crippen molar-refractivity contribution in [2.45, 2.75) is 12.8 Å². The van der Waals surface area contributed by atoms with Crippen molar-refractivity contribution in [1.29, 1.82) is 0 Å². The van der Waals surface area contributed by atoms with Crippen molar-refractivity contribution in [2.24, 2.45) is 5.92 Å². The summed E-state index contributed by atoms with van der Waals surface area (Å²) < 4.78 is 1.43. The molecule has 3 heterocycles. The smallest absolute Gasteiger partial charge is 0.200 e. The number of Topliss-reactive ketones (excluding diaryl/α,β-unsaturated/α-hetero) is 1. The Balaban J connectivity index is 1.45. The van der Waals surface area contributed by atoms with Gasteiger partial charge in [-0.2, -0.15) is 0 Å². The van der Waals surface area contributed by atoms with E-state index >= 15 is 0 Å². The molecule has 4 rings (SSSR count). The Morgan fingerprint density at radius 1 is 1.04 bits per heavy atom. The van der Waals surface area contributed by atoms with Gasteiger partial charge in [-0.1, -0.05) is 30.3 Å². The molecular weight excluding hydrogens is 292 g/mol. The van der Waals surface area contributed by atoms with Gasteiger partial charge in [0.15, 0.2) is 17.2 Å². The quantitative estimate of drug-likeness (QED) is 0.684. The highest BCUT2D eigenvalue weighted by atomic mass is 16.1. The first-order chi connectivity index (χ1) is 11.3. The molecule has 7 heteroatoms. The van der Waals surface area contributed by atoms with Gasteiger partial charge in [0.2, 0.25) is 0 Å². The number of fused-ring (bicyclic) bond motifs is 1. The zero-order valence-corrected chi connectivity index (χ0v) is 12.5. The number of carbonyl (C=O) groups is 1. The molecule has 1 fully saturated rings. The minimum absolute atomic E-state index is 0.0883. The van der Waals surface area contributed by atoms with Crippen LogP contribution in [0.25, 0.3) is 5.65 Å². The molecule has 0 N–H and O–H groups in total. The summed E-state index contributed by atoms with van der Waals surface area (Å²) >= 11 is 0. The minimum Gasteiger partial charge on any atom is -0.355 e. The van der Waals surface area contributed by atoms with E-state index in [-0.39, 0.29) is 11.7 Å². The average Bonchev–Trinajstić information content (AvgIpc) is 3.10. The normalized spacial score (nSPS) is 15.9. The van der Waals surface area contributed by atoms with E-state index in [1.54, 1.807) is 0 Å². The monoisotopic (exact) mass is 308 g/mol. The minimum atomic E-state index is 0.0883. The third-order valence-corrected chi connectivity index (χ3v) is 4.30. The van der Waals surface area contributed by atoms with Crippen LogP contribution in [0.4, 0.5) is 5.82 Å². The SMILES string of the molecule is O=C(c1ccccc1)C1CCN(c2ccc3nnnn3n2)CC1. The highest BCUT2D eigenvalue weighted by Crippen LogP contribution is 2.24. The van der Waals surface area contributed by atoms with Gasteiger partial charge in [0.05, 0.1) is 0 Å². The molecule has 0 unspecified atom stereocenters. The van der Waals surface area contributed by atoms with Crippen LogP contribution in [0, 0.1) is 5.92 Å². The van der Waals surface area contributed by atoms with E-state index < -0.39 is 0 Å². The summed E-state index contributed by atoms with van der Waals surface area (Å²) in [5, 5.41) is 15.7. The van der Waals surface area contributed by atoms with Crippen LogP contribution in [0.1, 0.15) is 23.2 Å². The largest absolute Gasteiger partial charge is 0.355 e. The number of nitrogens with zero attached hydrogens (tertiary/aromatic N) is 6. The summed E-state index contributed by atoms with van der Waals surface area (Å²) in [5.41, 5.74) is 1.43. The summed E-state index contributed by atoms with van der Waals surface area (Å²) in [7, 11) is 0. The fourth-order valence-corrected chi connectivity index (χ4v) is 3.02. The first kappa shape index (κ1) is 13.8. The number of anilines is 1. The highest BCUT2D eigenvalue weighted by Gasteiger charge is 2.26. The molecule has 0 amide bonds. The molecule has 1 aromatic carbocycles. The van der Waals surface area contributed by atoms with Gasteiger partial charge in [0.1, 0.15) is 0 Å². The van der Waals surface area contributed by atoms with Crippen LogP contribution in [0.3, 0.4) is 0 Å². The van der Waals surface area contributed by atoms with Gasteiger partial charge in [0.25, 0.3) is 0 Å². The van der Waals surface area contributed by atoms with Crippen LogP contribution in [-0.4, -0.2) is 44.1 Å². The maximum Gasteiger partial charge on any atom is 0.200 e. The van der Waals surface area contributed by atoms with Crippen molar-refractivity contribution in [3.05, 3.63) is 48.0 Å². The van der Waals surface area contributed by atoms with Crippen LogP contribution >= 0.6 is 0 Å². The molecule has 23 heavy (non-hydrogen) atoms. The zero-order valence-electron chi connectivity index (χ0n) is 12.5. The van der Waals surface area contributed by atoms with E-state index in [4.69, 9.17) is 0 Å². The second kappa shape index (κ2) is 5.75. The first-order valence-corrected chi connectivity index (χ1v) is 7.71. The Hall–Kier alpha value is -2.83. The Labute approximate surface area is 132 Å².